The predicted octanol–water partition coefficient (Wildman–Crippen LogP) is 5.01. The van der Waals surface area contributed by atoms with Crippen molar-refractivity contribution < 1.29 is 32.5 Å². The highest BCUT2D eigenvalue weighted by molar-refractivity contribution is 5.95. The van der Waals surface area contributed by atoms with Crippen LogP contribution < -0.4 is 15.8 Å². The minimum absolute atomic E-state index is 0. The van der Waals surface area contributed by atoms with Gasteiger partial charge in [0, 0.05) is 17.0 Å². The van der Waals surface area contributed by atoms with E-state index < -0.39 is 29.8 Å². The molecule has 0 saturated heterocycles. The lowest BCUT2D eigenvalue weighted by Crippen LogP contribution is -2.39. The summed E-state index contributed by atoms with van der Waals surface area (Å²) < 4.78 is 36.7. The average Bonchev–Trinajstić information content (AvgIpc) is 3.69. The number of halogens is 2. The Kier molecular flexibility index (Phi) is 11.7. The highest BCUT2D eigenvalue weighted by atomic mass is 35.5. The molecule has 0 aliphatic rings. The lowest BCUT2D eigenvalue weighted by atomic mass is 10.1. The zero-order chi connectivity index (χ0) is 30.2. The Labute approximate surface area is 253 Å². The Morgan fingerprint density at radius 2 is 1.58 bits per heavy atom. The number of nitrogens with one attached hydrogen (secondary N) is 1. The first-order valence-electron chi connectivity index (χ1n) is 13.6. The zero-order valence-electron chi connectivity index (χ0n) is 24.2. The number of hydrogen-bond donors (Lipinski definition) is 2. The summed E-state index contributed by atoms with van der Waals surface area (Å²) in [5, 5.41) is 10.6. The average molecular weight is 617 g/mol. The van der Waals surface area contributed by atoms with E-state index in [2.05, 4.69) is 25.6 Å². The monoisotopic (exact) mass is 616 g/mol. The Bertz CT molecular complexity index is 1510. The molecular formula is C29H34ClFN6O6. The molecule has 2 aromatic heterocycles. The van der Waals surface area contributed by atoms with Crippen molar-refractivity contribution in [3.05, 3.63) is 65.6 Å². The van der Waals surface area contributed by atoms with Crippen LogP contribution >= 0.6 is 12.4 Å². The van der Waals surface area contributed by atoms with Crippen molar-refractivity contribution in [3.8, 4) is 28.5 Å². The lowest BCUT2D eigenvalue weighted by Gasteiger charge is -2.17. The number of carbonyl (C=O) groups is 2. The molecule has 230 valence electrons. The van der Waals surface area contributed by atoms with E-state index in [0.717, 1.165) is 11.6 Å². The van der Waals surface area contributed by atoms with E-state index in [0.29, 0.717) is 35.9 Å². The maximum absolute atomic E-state index is 14.9. The van der Waals surface area contributed by atoms with Gasteiger partial charge in [-0.1, -0.05) is 44.1 Å². The number of amides is 1. The van der Waals surface area contributed by atoms with Crippen molar-refractivity contribution in [1.82, 2.24) is 25.6 Å². The van der Waals surface area contributed by atoms with Crippen LogP contribution in [0.25, 0.3) is 22.8 Å². The third-order valence-electron chi connectivity index (χ3n) is 6.33. The first-order chi connectivity index (χ1) is 20.2. The Hall–Kier alpha value is -4.36. The minimum atomic E-state index is -0.768. The van der Waals surface area contributed by atoms with Crippen LogP contribution in [0.3, 0.4) is 0 Å². The van der Waals surface area contributed by atoms with Gasteiger partial charge in [-0.2, -0.15) is 9.97 Å². The zero-order valence-corrected chi connectivity index (χ0v) is 25.0. The predicted molar refractivity (Wildman–Crippen MR) is 156 cm³/mol. The van der Waals surface area contributed by atoms with Crippen molar-refractivity contribution in [2.75, 3.05) is 13.2 Å². The summed E-state index contributed by atoms with van der Waals surface area (Å²) in [6.45, 7) is 7.33. The van der Waals surface area contributed by atoms with Gasteiger partial charge in [0.2, 0.25) is 17.5 Å². The summed E-state index contributed by atoms with van der Waals surface area (Å²) >= 11 is 0. The third kappa shape index (κ3) is 8.36. The molecule has 0 bridgehead atoms. The first-order valence-corrected chi connectivity index (χ1v) is 13.6. The minimum Gasteiger partial charge on any atom is -0.481 e. The largest absolute Gasteiger partial charge is 0.481 e. The Morgan fingerprint density at radius 3 is 2.16 bits per heavy atom. The number of benzene rings is 2. The molecule has 2 aromatic carbocycles. The van der Waals surface area contributed by atoms with Crippen LogP contribution in [0.15, 0.2) is 51.5 Å². The fourth-order valence-electron chi connectivity index (χ4n) is 3.84. The summed E-state index contributed by atoms with van der Waals surface area (Å²) in [6, 6.07) is 10.7. The van der Waals surface area contributed by atoms with Gasteiger partial charge in [0.1, 0.15) is 18.2 Å². The van der Waals surface area contributed by atoms with Gasteiger partial charge in [-0.3, -0.25) is 9.59 Å². The van der Waals surface area contributed by atoms with Crippen LogP contribution in [0.4, 0.5) is 4.39 Å². The number of aromatic nitrogens is 4. The molecule has 14 heteroatoms. The summed E-state index contributed by atoms with van der Waals surface area (Å²) in [4.78, 5) is 32.7. The molecule has 3 N–H and O–H groups in total. The molecule has 43 heavy (non-hydrogen) atoms. The van der Waals surface area contributed by atoms with Crippen molar-refractivity contribution in [3.63, 3.8) is 0 Å². The highest BCUT2D eigenvalue weighted by Crippen LogP contribution is 2.28. The van der Waals surface area contributed by atoms with Crippen molar-refractivity contribution in [2.24, 2.45) is 5.73 Å². The van der Waals surface area contributed by atoms with Crippen LogP contribution in [0, 0.1) is 5.82 Å². The molecule has 0 saturated carbocycles. The molecule has 0 aliphatic carbocycles. The number of nitrogens with zero attached hydrogens (tertiary/aromatic N) is 4. The first kappa shape index (κ1) is 33.1. The second-order valence-corrected chi connectivity index (χ2v) is 9.77. The van der Waals surface area contributed by atoms with E-state index in [-0.39, 0.29) is 48.8 Å². The molecule has 1 amide bonds. The molecule has 1 unspecified atom stereocenters. The molecule has 2 atom stereocenters. The fourth-order valence-corrected chi connectivity index (χ4v) is 3.84. The van der Waals surface area contributed by atoms with E-state index >= 15 is 0 Å². The van der Waals surface area contributed by atoms with E-state index in [1.807, 2.05) is 32.9 Å². The quantitative estimate of drug-likeness (QED) is 0.194. The van der Waals surface area contributed by atoms with Crippen molar-refractivity contribution >= 4 is 24.3 Å². The molecule has 0 fully saturated rings. The molecule has 0 radical (unpaired) electrons. The Morgan fingerprint density at radius 1 is 0.953 bits per heavy atom. The van der Waals surface area contributed by atoms with Crippen LogP contribution in [0.1, 0.15) is 74.7 Å². The SMILES string of the molecule is CCC(Oc1ccc(-c2noc(C(C)C)n2)cc1)c1nc(-c2ccc(C(=O)N[C@@H](CC)COC(=O)CN)c(F)c2)no1.Cl. The number of esters is 1. The van der Waals surface area contributed by atoms with E-state index in [9.17, 15) is 14.0 Å². The summed E-state index contributed by atoms with van der Waals surface area (Å²) in [5.74, 6) is 0.121. The fraction of sp³-hybridized carbons (Fsp3) is 0.379. The van der Waals surface area contributed by atoms with Gasteiger partial charge in [-0.25, -0.2) is 4.39 Å². The van der Waals surface area contributed by atoms with Crippen LogP contribution in [0.5, 0.6) is 5.75 Å². The second kappa shape index (κ2) is 15.2. The second-order valence-electron chi connectivity index (χ2n) is 9.77. The maximum Gasteiger partial charge on any atom is 0.319 e. The van der Waals surface area contributed by atoms with Gasteiger partial charge in [-0.15, -0.1) is 12.4 Å². The normalized spacial score (nSPS) is 12.3. The third-order valence-corrected chi connectivity index (χ3v) is 6.33. The molecule has 2 heterocycles. The maximum atomic E-state index is 14.9. The molecular weight excluding hydrogens is 583 g/mol. The van der Waals surface area contributed by atoms with Gasteiger partial charge in [0.15, 0.2) is 6.10 Å². The number of rotatable bonds is 13. The van der Waals surface area contributed by atoms with Gasteiger partial charge < -0.3 is 29.6 Å². The molecule has 0 spiro atoms. The standard InChI is InChI=1S/C29H33FN6O6.ClH/c1-5-19(15-39-24(37)14-31)32-27(38)21-12-9-18(13-22(21)30)26-34-29(42-36-26)23(6-2)40-20-10-7-17(8-11-20)25-33-28(16(3)4)41-35-25;/h7-13,16,19,23H,5-6,14-15,31H2,1-4H3,(H,32,38);1H/t19-,23?;/m0./s1. The number of carbonyl (C=O) groups excluding carboxylic acids is 2. The lowest BCUT2D eigenvalue weighted by molar-refractivity contribution is -0.142. The smallest absolute Gasteiger partial charge is 0.319 e. The molecule has 12 nitrogen and oxygen atoms in total. The number of hydrogen-bond acceptors (Lipinski definition) is 11. The molecule has 4 rings (SSSR count). The van der Waals surface area contributed by atoms with Crippen molar-refractivity contribution in [1.29, 1.82) is 0 Å². The van der Waals surface area contributed by atoms with E-state index in [1.165, 1.54) is 12.1 Å². The van der Waals surface area contributed by atoms with Crippen LogP contribution in [-0.4, -0.2) is 51.4 Å². The summed E-state index contributed by atoms with van der Waals surface area (Å²) in [5.41, 5.74) is 6.15. The topological polar surface area (TPSA) is 168 Å². The van der Waals surface area contributed by atoms with Gasteiger partial charge in [0.25, 0.3) is 11.8 Å². The highest BCUT2D eigenvalue weighted by Gasteiger charge is 2.22. The van der Waals surface area contributed by atoms with E-state index in [1.54, 1.807) is 19.1 Å². The van der Waals surface area contributed by atoms with Gasteiger partial charge in [-0.05, 0) is 49.2 Å². The summed E-state index contributed by atoms with van der Waals surface area (Å²) in [6.07, 6.45) is 0.445. The van der Waals surface area contributed by atoms with Crippen LogP contribution in [0.2, 0.25) is 0 Å². The molecule has 0 aliphatic heterocycles. The van der Waals surface area contributed by atoms with E-state index in [4.69, 9.17) is 24.3 Å². The van der Waals surface area contributed by atoms with Gasteiger partial charge in [0.05, 0.1) is 18.2 Å². The summed E-state index contributed by atoms with van der Waals surface area (Å²) in [7, 11) is 0. The van der Waals surface area contributed by atoms with Gasteiger partial charge >= 0.3 is 5.97 Å². The van der Waals surface area contributed by atoms with Crippen LogP contribution in [-0.2, 0) is 9.53 Å². The number of nitrogens with two attached hydrogens (primary N) is 1. The number of ether oxygens (including phenoxy) is 2. The molecule has 4 aromatic rings. The Balaban J connectivity index is 0.00000506. The van der Waals surface area contributed by atoms with Crippen molar-refractivity contribution in [2.45, 2.75) is 58.6 Å².